The monoisotopic (exact) mass is 255 g/mol. The third-order valence-corrected chi connectivity index (χ3v) is 3.40. The Morgan fingerprint density at radius 2 is 2.05 bits per heavy atom. The van der Waals surface area contributed by atoms with Gasteiger partial charge >= 0.3 is 0 Å². The number of anilines is 1. The molecule has 0 saturated carbocycles. The Bertz CT molecular complexity index is 744. The standard InChI is InChI=1S/C14H17N5/c1-2-19-11(7-8-15)12-9-5-3-4-6-10(9)17-14(16)13(12)18-19/h3-6H,2,7-8,15H2,1H3,(H2,16,17). The van der Waals surface area contributed by atoms with Gasteiger partial charge in [0.1, 0.15) is 5.52 Å². The maximum Gasteiger partial charge on any atom is 0.152 e. The molecule has 0 spiro atoms. The van der Waals surface area contributed by atoms with Crippen molar-refractivity contribution in [2.45, 2.75) is 19.9 Å². The molecular formula is C14H17N5. The first kappa shape index (κ1) is 11.9. The minimum Gasteiger partial charge on any atom is -0.382 e. The Hall–Kier alpha value is -2.14. The average molecular weight is 255 g/mol. The van der Waals surface area contributed by atoms with Crippen LogP contribution in [-0.2, 0) is 13.0 Å². The second kappa shape index (κ2) is 4.51. The van der Waals surface area contributed by atoms with Crippen molar-refractivity contribution in [1.82, 2.24) is 14.8 Å². The zero-order valence-corrected chi connectivity index (χ0v) is 10.9. The molecule has 0 fully saturated rings. The summed E-state index contributed by atoms with van der Waals surface area (Å²) >= 11 is 0. The third-order valence-electron chi connectivity index (χ3n) is 3.40. The summed E-state index contributed by atoms with van der Waals surface area (Å²) in [6.45, 7) is 3.47. The molecule has 4 N–H and O–H groups in total. The molecule has 98 valence electrons. The number of fused-ring (bicyclic) bond motifs is 3. The number of pyridine rings is 1. The Balaban J connectivity index is 2.49. The molecule has 5 heteroatoms. The van der Waals surface area contributed by atoms with Gasteiger partial charge in [0, 0.05) is 29.4 Å². The van der Waals surface area contributed by atoms with Crippen LogP contribution in [0, 0.1) is 0 Å². The third kappa shape index (κ3) is 1.74. The van der Waals surface area contributed by atoms with Gasteiger partial charge in [0.15, 0.2) is 5.82 Å². The second-order valence-corrected chi connectivity index (χ2v) is 4.54. The van der Waals surface area contributed by atoms with Crippen molar-refractivity contribution in [1.29, 1.82) is 0 Å². The zero-order valence-electron chi connectivity index (χ0n) is 10.9. The van der Waals surface area contributed by atoms with Gasteiger partial charge in [-0.1, -0.05) is 18.2 Å². The quantitative estimate of drug-likeness (QED) is 0.746. The topological polar surface area (TPSA) is 82.8 Å². The fraction of sp³-hybridized carbons (Fsp3) is 0.286. The van der Waals surface area contributed by atoms with Crippen molar-refractivity contribution in [3.63, 3.8) is 0 Å². The maximum absolute atomic E-state index is 6.04. The highest BCUT2D eigenvalue weighted by molar-refractivity contribution is 6.09. The van der Waals surface area contributed by atoms with Crippen molar-refractivity contribution < 1.29 is 0 Å². The molecule has 0 atom stereocenters. The van der Waals surface area contributed by atoms with Crippen LogP contribution in [0.1, 0.15) is 12.6 Å². The van der Waals surface area contributed by atoms with Gasteiger partial charge < -0.3 is 11.5 Å². The summed E-state index contributed by atoms with van der Waals surface area (Å²) in [5, 5.41) is 6.76. The fourth-order valence-corrected chi connectivity index (χ4v) is 2.58. The number of hydrogen-bond donors (Lipinski definition) is 2. The van der Waals surface area contributed by atoms with Gasteiger partial charge in [0.2, 0.25) is 0 Å². The lowest BCUT2D eigenvalue weighted by Crippen LogP contribution is -2.09. The lowest BCUT2D eigenvalue weighted by atomic mass is 10.1. The van der Waals surface area contributed by atoms with Crippen molar-refractivity contribution in [2.24, 2.45) is 5.73 Å². The van der Waals surface area contributed by atoms with E-state index >= 15 is 0 Å². The van der Waals surface area contributed by atoms with Gasteiger partial charge in [0.25, 0.3) is 0 Å². The lowest BCUT2D eigenvalue weighted by molar-refractivity contribution is 0.628. The lowest BCUT2D eigenvalue weighted by Gasteiger charge is -2.05. The Labute approximate surface area is 111 Å². The van der Waals surface area contributed by atoms with Gasteiger partial charge in [-0.05, 0) is 19.5 Å². The van der Waals surface area contributed by atoms with Crippen LogP contribution >= 0.6 is 0 Å². The minimum atomic E-state index is 0.485. The van der Waals surface area contributed by atoms with Crippen molar-refractivity contribution in [3.05, 3.63) is 30.0 Å². The normalized spacial score (nSPS) is 11.5. The maximum atomic E-state index is 6.04. The summed E-state index contributed by atoms with van der Waals surface area (Å²) in [6.07, 6.45) is 0.789. The van der Waals surface area contributed by atoms with Crippen LogP contribution < -0.4 is 11.5 Å². The SMILES string of the molecule is CCn1nc2c(N)nc3ccccc3c2c1CCN. The molecule has 0 saturated heterocycles. The van der Waals surface area contributed by atoms with Gasteiger partial charge in [-0.25, -0.2) is 4.98 Å². The smallest absolute Gasteiger partial charge is 0.152 e. The number of para-hydroxylation sites is 1. The van der Waals surface area contributed by atoms with Gasteiger partial charge in [-0.3, -0.25) is 4.68 Å². The summed E-state index contributed by atoms with van der Waals surface area (Å²) in [5.41, 5.74) is 14.6. The average Bonchev–Trinajstić information content (AvgIpc) is 2.79. The van der Waals surface area contributed by atoms with Crippen molar-refractivity contribution in [3.8, 4) is 0 Å². The fourth-order valence-electron chi connectivity index (χ4n) is 2.58. The number of nitrogens with two attached hydrogens (primary N) is 2. The zero-order chi connectivity index (χ0) is 13.4. The molecule has 5 nitrogen and oxygen atoms in total. The number of aromatic nitrogens is 3. The van der Waals surface area contributed by atoms with E-state index in [1.54, 1.807) is 0 Å². The molecule has 0 aliphatic rings. The number of aryl methyl sites for hydroxylation is 1. The van der Waals surface area contributed by atoms with E-state index in [0.29, 0.717) is 12.4 Å². The van der Waals surface area contributed by atoms with Crippen LogP contribution in [0.5, 0.6) is 0 Å². The molecule has 2 aromatic heterocycles. The van der Waals surface area contributed by atoms with E-state index in [-0.39, 0.29) is 0 Å². The minimum absolute atomic E-state index is 0.485. The van der Waals surface area contributed by atoms with E-state index in [1.165, 1.54) is 0 Å². The van der Waals surface area contributed by atoms with Crippen LogP contribution in [0.2, 0.25) is 0 Å². The van der Waals surface area contributed by atoms with E-state index < -0.39 is 0 Å². The van der Waals surface area contributed by atoms with Crippen LogP contribution in [0.4, 0.5) is 5.82 Å². The van der Waals surface area contributed by atoms with E-state index in [2.05, 4.69) is 23.1 Å². The molecular weight excluding hydrogens is 238 g/mol. The van der Waals surface area contributed by atoms with Crippen molar-refractivity contribution >= 4 is 27.6 Å². The highest BCUT2D eigenvalue weighted by atomic mass is 15.3. The van der Waals surface area contributed by atoms with Gasteiger partial charge in [-0.15, -0.1) is 0 Å². The van der Waals surface area contributed by atoms with Crippen LogP contribution in [0.15, 0.2) is 24.3 Å². The predicted octanol–water partition coefficient (Wildman–Crippen LogP) is 1.69. The molecule has 3 aromatic rings. The molecule has 2 heterocycles. The van der Waals surface area contributed by atoms with E-state index in [9.17, 15) is 0 Å². The van der Waals surface area contributed by atoms with E-state index in [4.69, 9.17) is 11.5 Å². The molecule has 19 heavy (non-hydrogen) atoms. The molecule has 1 aromatic carbocycles. The van der Waals surface area contributed by atoms with Gasteiger partial charge in [-0.2, -0.15) is 5.10 Å². The molecule has 0 amide bonds. The van der Waals surface area contributed by atoms with Crippen LogP contribution in [0.3, 0.4) is 0 Å². The number of benzene rings is 1. The summed E-state index contributed by atoms with van der Waals surface area (Å²) in [4.78, 5) is 4.42. The van der Waals surface area contributed by atoms with Crippen LogP contribution in [-0.4, -0.2) is 21.3 Å². The number of hydrogen-bond acceptors (Lipinski definition) is 4. The molecule has 0 unspecified atom stereocenters. The number of nitrogens with zero attached hydrogens (tertiary/aromatic N) is 3. The Kier molecular flexibility index (Phi) is 2.83. The van der Waals surface area contributed by atoms with Gasteiger partial charge in [0.05, 0.1) is 5.52 Å². The molecule has 0 aliphatic heterocycles. The van der Waals surface area contributed by atoms with E-state index in [0.717, 1.165) is 40.5 Å². The highest BCUT2D eigenvalue weighted by Gasteiger charge is 2.16. The Morgan fingerprint density at radius 1 is 1.26 bits per heavy atom. The molecule has 3 rings (SSSR count). The van der Waals surface area contributed by atoms with Crippen LogP contribution in [0.25, 0.3) is 21.8 Å². The first-order chi connectivity index (χ1) is 9.26. The summed E-state index contributed by atoms with van der Waals surface area (Å²) in [7, 11) is 0. The summed E-state index contributed by atoms with van der Waals surface area (Å²) < 4.78 is 1.97. The number of rotatable bonds is 3. The largest absolute Gasteiger partial charge is 0.382 e. The first-order valence-corrected chi connectivity index (χ1v) is 6.50. The molecule has 0 bridgehead atoms. The number of nitrogen functional groups attached to an aromatic ring is 1. The van der Waals surface area contributed by atoms with E-state index in [1.807, 2.05) is 22.9 Å². The predicted molar refractivity (Wildman–Crippen MR) is 77.9 cm³/mol. The Morgan fingerprint density at radius 3 is 2.79 bits per heavy atom. The summed E-state index contributed by atoms with van der Waals surface area (Å²) in [5.74, 6) is 0.485. The molecule has 0 aliphatic carbocycles. The second-order valence-electron chi connectivity index (χ2n) is 4.54. The summed E-state index contributed by atoms with van der Waals surface area (Å²) in [6, 6.07) is 8.01. The highest BCUT2D eigenvalue weighted by Crippen LogP contribution is 2.30. The van der Waals surface area contributed by atoms with Crippen molar-refractivity contribution in [2.75, 3.05) is 12.3 Å². The first-order valence-electron chi connectivity index (χ1n) is 6.50. The molecule has 0 radical (unpaired) electrons.